The summed E-state index contributed by atoms with van der Waals surface area (Å²) in [7, 11) is 0. The van der Waals surface area contributed by atoms with Crippen LogP contribution in [0.25, 0.3) is 0 Å². The lowest BCUT2D eigenvalue weighted by atomic mass is 9.66. The van der Waals surface area contributed by atoms with Gasteiger partial charge in [0.15, 0.2) is 0 Å². The molecule has 0 amide bonds. The van der Waals surface area contributed by atoms with Crippen molar-refractivity contribution in [3.05, 3.63) is 33.8 Å². The molecule has 0 spiro atoms. The molecule has 0 bridgehead atoms. The fraction of sp³-hybridized carbons (Fsp3) is 0.647. The Bertz CT molecular complexity index is 520. The van der Waals surface area contributed by atoms with Gasteiger partial charge in [0.25, 0.3) is 0 Å². The van der Waals surface area contributed by atoms with Crippen LogP contribution in [0.4, 0.5) is 8.78 Å². The first kappa shape index (κ1) is 15.7. The third-order valence-corrected chi connectivity index (χ3v) is 6.53. The topological polar surface area (TPSA) is 0 Å². The molecule has 3 rings (SSSR count). The lowest BCUT2D eigenvalue weighted by Crippen LogP contribution is -2.29. The fourth-order valence-electron chi connectivity index (χ4n) is 4.18. The maximum atomic E-state index is 14.1. The highest BCUT2D eigenvalue weighted by Gasteiger charge is 2.36. The van der Waals surface area contributed by atoms with E-state index in [-0.39, 0.29) is 10.4 Å². The lowest BCUT2D eigenvalue weighted by Gasteiger charge is -2.40. The zero-order valence-electron chi connectivity index (χ0n) is 11.9. The van der Waals surface area contributed by atoms with Gasteiger partial charge < -0.3 is 0 Å². The summed E-state index contributed by atoms with van der Waals surface area (Å²) in [6, 6.07) is 2.44. The van der Waals surface area contributed by atoms with Crippen LogP contribution in [0.5, 0.6) is 0 Å². The molecule has 4 unspecified atom stereocenters. The predicted molar refractivity (Wildman–Crippen MR) is 85.4 cm³/mol. The van der Waals surface area contributed by atoms with Crippen molar-refractivity contribution in [1.29, 1.82) is 0 Å². The number of benzene rings is 1. The fourth-order valence-corrected chi connectivity index (χ4v) is 4.89. The molecule has 2 aliphatic rings. The molecule has 0 aliphatic heterocycles. The highest BCUT2D eigenvalue weighted by Crippen LogP contribution is 2.48. The minimum absolute atomic E-state index is 0.156. The van der Waals surface area contributed by atoms with Gasteiger partial charge in [0.2, 0.25) is 0 Å². The van der Waals surface area contributed by atoms with Gasteiger partial charge in [-0.05, 0) is 65.1 Å². The highest BCUT2D eigenvalue weighted by atomic mass is 79.9. The van der Waals surface area contributed by atoms with Crippen LogP contribution in [0.3, 0.4) is 0 Å². The molecule has 0 N–H and O–H groups in total. The van der Waals surface area contributed by atoms with Crippen molar-refractivity contribution in [3.8, 4) is 0 Å². The Morgan fingerprint density at radius 1 is 1.00 bits per heavy atom. The molecule has 1 aromatic rings. The van der Waals surface area contributed by atoms with E-state index in [0.29, 0.717) is 5.56 Å². The molecule has 116 valence electrons. The van der Waals surface area contributed by atoms with Crippen molar-refractivity contribution < 1.29 is 8.78 Å². The second kappa shape index (κ2) is 6.54. The van der Waals surface area contributed by atoms with Gasteiger partial charge in [0.1, 0.15) is 11.6 Å². The van der Waals surface area contributed by atoms with Crippen LogP contribution in [0, 0.1) is 29.4 Å². The molecule has 0 saturated heterocycles. The zero-order valence-corrected chi connectivity index (χ0v) is 14.3. The van der Waals surface area contributed by atoms with Crippen LogP contribution < -0.4 is 0 Å². The molecule has 4 atom stereocenters. The zero-order chi connectivity index (χ0) is 15.0. The van der Waals surface area contributed by atoms with Crippen molar-refractivity contribution in [2.24, 2.45) is 17.8 Å². The van der Waals surface area contributed by atoms with Crippen molar-refractivity contribution in [2.75, 3.05) is 0 Å². The third kappa shape index (κ3) is 3.29. The van der Waals surface area contributed by atoms with Gasteiger partial charge in [-0.2, -0.15) is 0 Å². The average Bonchev–Trinajstić information content (AvgIpc) is 2.50. The Hall–Kier alpha value is -0.150. The predicted octanol–water partition coefficient (Wildman–Crippen LogP) is 6.61. The molecule has 0 radical (unpaired) electrons. The Labute approximate surface area is 138 Å². The molecular weight excluding hydrogens is 358 g/mol. The monoisotopic (exact) mass is 376 g/mol. The number of hydrogen-bond acceptors (Lipinski definition) is 0. The SMILES string of the molecule is Fc1cc(C(Cl)C2CCC3CCCCC3C2)c(F)cc1Br. The maximum Gasteiger partial charge on any atom is 0.137 e. The van der Waals surface area contributed by atoms with Crippen molar-refractivity contribution >= 4 is 27.5 Å². The van der Waals surface area contributed by atoms with E-state index in [4.69, 9.17) is 11.6 Å². The van der Waals surface area contributed by atoms with Gasteiger partial charge in [-0.3, -0.25) is 0 Å². The summed E-state index contributed by atoms with van der Waals surface area (Å²) < 4.78 is 27.9. The first-order valence-electron chi connectivity index (χ1n) is 7.84. The Balaban J connectivity index is 1.76. The molecule has 0 aromatic heterocycles. The Morgan fingerprint density at radius 3 is 2.48 bits per heavy atom. The number of hydrogen-bond donors (Lipinski definition) is 0. The van der Waals surface area contributed by atoms with Crippen LogP contribution in [0.2, 0.25) is 0 Å². The molecular formula is C17H20BrClF2. The summed E-state index contributed by atoms with van der Waals surface area (Å²) >= 11 is 9.54. The highest BCUT2D eigenvalue weighted by molar-refractivity contribution is 9.10. The summed E-state index contributed by atoms with van der Waals surface area (Å²) in [5.41, 5.74) is 0.316. The standard InChI is InChI=1S/C17H20BrClF2/c18-14-9-15(20)13(8-16(14)21)17(19)12-6-5-10-3-1-2-4-11(10)7-12/h8-12,17H,1-7H2. The Morgan fingerprint density at radius 2 is 1.71 bits per heavy atom. The van der Waals surface area contributed by atoms with Crippen LogP contribution in [0.15, 0.2) is 16.6 Å². The minimum Gasteiger partial charge on any atom is -0.207 e. The van der Waals surface area contributed by atoms with Gasteiger partial charge in [0.05, 0.1) is 9.85 Å². The number of alkyl halides is 1. The van der Waals surface area contributed by atoms with E-state index in [1.54, 1.807) is 0 Å². The summed E-state index contributed by atoms with van der Waals surface area (Å²) in [5, 5.41) is -0.421. The van der Waals surface area contributed by atoms with Gasteiger partial charge in [-0.25, -0.2) is 8.78 Å². The van der Waals surface area contributed by atoms with E-state index in [2.05, 4.69) is 15.9 Å². The van der Waals surface area contributed by atoms with Crippen molar-refractivity contribution in [1.82, 2.24) is 0 Å². The molecule has 2 saturated carbocycles. The van der Waals surface area contributed by atoms with Crippen molar-refractivity contribution in [2.45, 2.75) is 50.3 Å². The van der Waals surface area contributed by atoms with E-state index in [0.717, 1.165) is 24.7 Å². The maximum absolute atomic E-state index is 14.1. The van der Waals surface area contributed by atoms with Gasteiger partial charge in [-0.15, -0.1) is 11.6 Å². The van der Waals surface area contributed by atoms with E-state index < -0.39 is 17.0 Å². The minimum atomic E-state index is -0.441. The summed E-state index contributed by atoms with van der Waals surface area (Å²) in [4.78, 5) is 0. The normalized spacial score (nSPS) is 30.8. The van der Waals surface area contributed by atoms with Gasteiger partial charge >= 0.3 is 0 Å². The molecule has 2 aliphatic carbocycles. The molecule has 2 fully saturated rings. The first-order valence-corrected chi connectivity index (χ1v) is 9.07. The molecule has 4 heteroatoms. The average molecular weight is 378 g/mol. The van der Waals surface area contributed by atoms with Gasteiger partial charge in [-0.1, -0.05) is 25.7 Å². The smallest absolute Gasteiger partial charge is 0.137 e. The summed E-state index contributed by atoms with van der Waals surface area (Å²) in [5.74, 6) is 0.992. The van der Waals surface area contributed by atoms with E-state index >= 15 is 0 Å². The number of fused-ring (bicyclic) bond motifs is 1. The molecule has 21 heavy (non-hydrogen) atoms. The first-order chi connectivity index (χ1) is 10.1. The van der Waals surface area contributed by atoms with Gasteiger partial charge in [0, 0.05) is 5.56 Å². The van der Waals surface area contributed by atoms with Crippen LogP contribution in [0.1, 0.15) is 55.9 Å². The largest absolute Gasteiger partial charge is 0.207 e. The van der Waals surface area contributed by atoms with E-state index in [9.17, 15) is 8.78 Å². The van der Waals surface area contributed by atoms with Crippen LogP contribution in [-0.4, -0.2) is 0 Å². The third-order valence-electron chi connectivity index (χ3n) is 5.33. The second-order valence-corrected chi connectivity index (χ2v) is 7.89. The van der Waals surface area contributed by atoms with Crippen LogP contribution in [-0.2, 0) is 0 Å². The quantitative estimate of drug-likeness (QED) is 0.401. The van der Waals surface area contributed by atoms with Crippen LogP contribution >= 0.6 is 27.5 Å². The molecule has 0 heterocycles. The Kier molecular flexibility index (Phi) is 4.90. The number of rotatable bonds is 2. The molecule has 0 nitrogen and oxygen atoms in total. The lowest BCUT2D eigenvalue weighted by molar-refractivity contribution is 0.127. The van der Waals surface area contributed by atoms with E-state index in [1.807, 2.05) is 0 Å². The molecule has 1 aromatic carbocycles. The summed E-state index contributed by atoms with van der Waals surface area (Å²) in [6.45, 7) is 0. The summed E-state index contributed by atoms with van der Waals surface area (Å²) in [6.07, 6.45) is 8.57. The number of halogens is 4. The van der Waals surface area contributed by atoms with E-state index in [1.165, 1.54) is 44.2 Å². The second-order valence-electron chi connectivity index (χ2n) is 6.57. The van der Waals surface area contributed by atoms with Crippen molar-refractivity contribution in [3.63, 3.8) is 0 Å².